The minimum absolute atomic E-state index is 0.315. The van der Waals surface area contributed by atoms with Gasteiger partial charge < -0.3 is 24.4 Å². The van der Waals surface area contributed by atoms with E-state index in [1.807, 2.05) is 0 Å². The predicted molar refractivity (Wildman–Crippen MR) is 79.9 cm³/mol. The average Bonchev–Trinajstić information content (AvgIpc) is 3.02. The van der Waals surface area contributed by atoms with Gasteiger partial charge in [0.2, 0.25) is 0 Å². The Hall–Kier alpha value is -2.12. The lowest BCUT2D eigenvalue weighted by atomic mass is 10.0. The molecule has 2 fully saturated rings. The highest BCUT2D eigenvalue weighted by Gasteiger charge is 2.44. The van der Waals surface area contributed by atoms with Crippen molar-refractivity contribution in [3.63, 3.8) is 0 Å². The number of ether oxygens (including phenoxy) is 3. The summed E-state index contributed by atoms with van der Waals surface area (Å²) in [7, 11) is 0. The van der Waals surface area contributed by atoms with Crippen LogP contribution in [-0.2, 0) is 19.1 Å². The van der Waals surface area contributed by atoms with Gasteiger partial charge in [-0.2, -0.15) is 0 Å². The highest BCUT2D eigenvalue weighted by Crippen LogP contribution is 2.33. The summed E-state index contributed by atoms with van der Waals surface area (Å²) in [5, 5.41) is 2.72. The molecule has 0 bridgehead atoms. The molecule has 4 rings (SSSR count). The number of fused-ring (bicyclic) bond motifs is 1. The summed E-state index contributed by atoms with van der Waals surface area (Å²) in [6.45, 7) is 2.18. The highest BCUT2D eigenvalue weighted by molar-refractivity contribution is 6.11. The number of likely N-dealkylation sites (tertiary alicyclic amines) is 1. The molecule has 0 aromatic heterocycles. The molecule has 2 amide bonds. The molecule has 7 heteroatoms. The van der Waals surface area contributed by atoms with Crippen molar-refractivity contribution >= 4 is 17.5 Å². The van der Waals surface area contributed by atoms with Gasteiger partial charge in [-0.05, 0) is 12.1 Å². The Balaban J connectivity index is 1.44. The Bertz CT molecular complexity index is 631. The molecule has 3 aliphatic rings. The molecule has 1 aromatic rings. The monoisotopic (exact) mass is 318 g/mol. The molecule has 1 N–H and O–H groups in total. The van der Waals surface area contributed by atoms with Crippen LogP contribution >= 0.6 is 0 Å². The van der Waals surface area contributed by atoms with Crippen LogP contribution in [-0.4, -0.2) is 54.9 Å². The first-order valence-electron chi connectivity index (χ1n) is 7.80. The van der Waals surface area contributed by atoms with Crippen LogP contribution in [0.5, 0.6) is 5.75 Å². The number of hydrogen-bond donors (Lipinski definition) is 1. The lowest BCUT2D eigenvalue weighted by Gasteiger charge is -2.39. The second kappa shape index (κ2) is 5.50. The number of benzene rings is 1. The number of carbonyl (C=O) groups is 2. The van der Waals surface area contributed by atoms with E-state index in [4.69, 9.17) is 14.2 Å². The molecule has 3 heterocycles. The van der Waals surface area contributed by atoms with E-state index in [2.05, 4.69) is 5.32 Å². The Morgan fingerprint density at radius 3 is 2.61 bits per heavy atom. The molecule has 1 atom stereocenters. The molecule has 122 valence electrons. The first kappa shape index (κ1) is 14.5. The van der Waals surface area contributed by atoms with Crippen LogP contribution in [0.4, 0.5) is 5.69 Å². The molecule has 3 aliphatic heterocycles. The zero-order valence-electron chi connectivity index (χ0n) is 12.6. The van der Waals surface area contributed by atoms with Crippen LogP contribution in [0.3, 0.4) is 0 Å². The van der Waals surface area contributed by atoms with Crippen molar-refractivity contribution in [1.29, 1.82) is 0 Å². The van der Waals surface area contributed by atoms with Gasteiger partial charge in [-0.15, -0.1) is 0 Å². The third kappa shape index (κ3) is 2.55. The number of para-hydroxylation sites is 2. The fraction of sp³-hybridized carbons (Fsp3) is 0.500. The van der Waals surface area contributed by atoms with E-state index in [-0.39, 0.29) is 5.91 Å². The molecule has 1 aromatic carbocycles. The molecular weight excluding hydrogens is 300 g/mol. The van der Waals surface area contributed by atoms with Gasteiger partial charge >= 0.3 is 0 Å². The third-order valence-corrected chi connectivity index (χ3v) is 4.50. The van der Waals surface area contributed by atoms with Crippen molar-refractivity contribution in [3.8, 4) is 5.75 Å². The molecule has 1 spiro atoms. The first-order valence-corrected chi connectivity index (χ1v) is 7.80. The quantitative estimate of drug-likeness (QED) is 0.773. The van der Waals surface area contributed by atoms with Gasteiger partial charge in [0.25, 0.3) is 17.9 Å². The maximum atomic E-state index is 12.6. The number of nitrogens with zero attached hydrogens (tertiary/aromatic N) is 1. The van der Waals surface area contributed by atoms with E-state index in [0.29, 0.717) is 50.6 Å². The van der Waals surface area contributed by atoms with Gasteiger partial charge in [0.15, 0.2) is 5.79 Å². The van der Waals surface area contributed by atoms with Crippen LogP contribution in [0.15, 0.2) is 24.3 Å². The Morgan fingerprint density at radius 2 is 1.87 bits per heavy atom. The molecule has 23 heavy (non-hydrogen) atoms. The summed E-state index contributed by atoms with van der Waals surface area (Å²) in [6.07, 6.45) is 0.0946. The third-order valence-electron chi connectivity index (χ3n) is 4.50. The largest absolute Gasteiger partial charge is 0.468 e. The van der Waals surface area contributed by atoms with Crippen LogP contribution in [0.25, 0.3) is 0 Å². The van der Waals surface area contributed by atoms with E-state index in [1.54, 1.807) is 29.2 Å². The van der Waals surface area contributed by atoms with Crippen molar-refractivity contribution in [3.05, 3.63) is 24.3 Å². The van der Waals surface area contributed by atoms with Crippen LogP contribution in [0.2, 0.25) is 0 Å². The van der Waals surface area contributed by atoms with Crippen LogP contribution in [0.1, 0.15) is 12.8 Å². The van der Waals surface area contributed by atoms with Gasteiger partial charge in [-0.25, -0.2) is 0 Å². The Morgan fingerprint density at radius 1 is 1.17 bits per heavy atom. The summed E-state index contributed by atoms with van der Waals surface area (Å²) in [6, 6.07) is 7.08. The summed E-state index contributed by atoms with van der Waals surface area (Å²) >= 11 is 0. The van der Waals surface area contributed by atoms with Crippen molar-refractivity contribution in [2.75, 3.05) is 31.6 Å². The minimum Gasteiger partial charge on any atom is -0.468 e. The summed E-state index contributed by atoms with van der Waals surface area (Å²) in [5.74, 6) is -0.771. The normalized spacial score (nSPS) is 25.7. The van der Waals surface area contributed by atoms with E-state index in [1.165, 1.54) is 0 Å². The number of piperidine rings is 1. The second-order valence-electron chi connectivity index (χ2n) is 5.92. The number of rotatable bonds is 1. The smallest absolute Gasteiger partial charge is 0.275 e. The molecule has 7 nitrogen and oxygen atoms in total. The number of anilines is 1. The number of carbonyl (C=O) groups excluding carboxylic acids is 2. The zero-order chi connectivity index (χ0) is 15.9. The van der Waals surface area contributed by atoms with E-state index in [0.717, 1.165) is 0 Å². The minimum atomic E-state index is -1.13. The van der Waals surface area contributed by atoms with E-state index < -0.39 is 17.8 Å². The van der Waals surface area contributed by atoms with Crippen LogP contribution < -0.4 is 10.1 Å². The fourth-order valence-corrected chi connectivity index (χ4v) is 3.23. The highest BCUT2D eigenvalue weighted by atomic mass is 16.7. The molecular formula is C16H18N2O5. The standard InChI is InChI=1S/C16H18N2O5/c19-14-13(23-12-4-2-1-3-11(12)17-14)15(20)18-7-5-16(6-8-18)21-9-10-22-16/h1-4,13H,5-10H2,(H,17,19)/t13-/m1/s1. The van der Waals surface area contributed by atoms with Crippen molar-refractivity contribution in [1.82, 2.24) is 4.90 Å². The topological polar surface area (TPSA) is 77.1 Å². The van der Waals surface area contributed by atoms with Crippen molar-refractivity contribution < 1.29 is 23.8 Å². The molecule has 0 saturated carbocycles. The fourth-order valence-electron chi connectivity index (χ4n) is 3.23. The Kier molecular flexibility index (Phi) is 3.46. The lowest BCUT2D eigenvalue weighted by Crippen LogP contribution is -2.54. The summed E-state index contributed by atoms with van der Waals surface area (Å²) in [4.78, 5) is 26.4. The zero-order valence-corrected chi connectivity index (χ0v) is 12.6. The maximum Gasteiger partial charge on any atom is 0.275 e. The van der Waals surface area contributed by atoms with Gasteiger partial charge in [-0.3, -0.25) is 9.59 Å². The van der Waals surface area contributed by atoms with E-state index >= 15 is 0 Å². The average molecular weight is 318 g/mol. The SMILES string of the molecule is O=C1Nc2ccccc2O[C@H]1C(=O)N1CCC2(CC1)OCCO2. The first-order chi connectivity index (χ1) is 11.2. The van der Waals surface area contributed by atoms with E-state index in [9.17, 15) is 9.59 Å². The van der Waals surface area contributed by atoms with Crippen molar-refractivity contribution in [2.45, 2.75) is 24.7 Å². The molecule has 0 radical (unpaired) electrons. The van der Waals surface area contributed by atoms with Gasteiger partial charge in [0.1, 0.15) is 5.75 Å². The number of nitrogens with one attached hydrogen (secondary N) is 1. The molecule has 2 saturated heterocycles. The second-order valence-corrected chi connectivity index (χ2v) is 5.92. The summed E-state index contributed by atoms with van der Waals surface area (Å²) < 4.78 is 16.9. The number of amides is 2. The summed E-state index contributed by atoms with van der Waals surface area (Å²) in [5.41, 5.74) is 0.590. The molecule has 0 unspecified atom stereocenters. The molecule has 0 aliphatic carbocycles. The number of hydrogen-bond acceptors (Lipinski definition) is 5. The van der Waals surface area contributed by atoms with Crippen LogP contribution in [0, 0.1) is 0 Å². The maximum absolute atomic E-state index is 12.6. The van der Waals surface area contributed by atoms with Gasteiger partial charge in [0.05, 0.1) is 18.9 Å². The van der Waals surface area contributed by atoms with Gasteiger partial charge in [-0.1, -0.05) is 12.1 Å². The van der Waals surface area contributed by atoms with Gasteiger partial charge in [0, 0.05) is 25.9 Å². The van der Waals surface area contributed by atoms with Crippen molar-refractivity contribution in [2.24, 2.45) is 0 Å². The Labute approximate surface area is 133 Å². The lowest BCUT2D eigenvalue weighted by molar-refractivity contribution is -0.189. The predicted octanol–water partition coefficient (Wildman–Crippen LogP) is 0.752.